The lowest BCUT2D eigenvalue weighted by atomic mass is 9.81. The van der Waals surface area contributed by atoms with E-state index in [2.05, 4.69) is 0 Å². The second kappa shape index (κ2) is 6.78. The summed E-state index contributed by atoms with van der Waals surface area (Å²) in [5.74, 6) is -1.20. The number of fused-ring (bicyclic) bond motifs is 1. The van der Waals surface area contributed by atoms with Crippen molar-refractivity contribution in [1.29, 1.82) is 0 Å². The number of carbonyl (C=O) groups excluding carboxylic acids is 3. The Morgan fingerprint density at radius 3 is 2.62 bits per heavy atom. The molecule has 2 aliphatic rings. The maximum Gasteiger partial charge on any atom is 0.411 e. The van der Waals surface area contributed by atoms with Crippen molar-refractivity contribution in [2.24, 2.45) is 5.92 Å². The average Bonchev–Trinajstić information content (AvgIpc) is 3.13. The molecule has 0 bridgehead atoms. The van der Waals surface area contributed by atoms with Crippen LogP contribution in [0.5, 0.6) is 0 Å². The van der Waals surface area contributed by atoms with Gasteiger partial charge in [-0.2, -0.15) is 0 Å². The molecule has 0 saturated carbocycles. The fourth-order valence-electron chi connectivity index (χ4n) is 3.78. The summed E-state index contributed by atoms with van der Waals surface area (Å²) in [6.07, 6.45) is 2.59. The Morgan fingerprint density at radius 2 is 2.00 bits per heavy atom. The van der Waals surface area contributed by atoms with Gasteiger partial charge in [0.1, 0.15) is 6.61 Å². The highest BCUT2D eigenvalue weighted by Gasteiger charge is 2.60. The number of nitrogens with zero attached hydrogens (tertiary/aromatic N) is 1. The molecule has 0 spiro atoms. The molecule has 2 atom stereocenters. The Balaban J connectivity index is 1.88. The molecule has 0 aromatic heterocycles. The molecule has 1 saturated heterocycles. The van der Waals surface area contributed by atoms with Crippen LogP contribution in [0.25, 0.3) is 0 Å². The number of benzene rings is 1. The Labute approximate surface area is 152 Å². The SMILES string of the molecule is C/C=C1/C(=O)C=C2CN(C(=O)OCc3ccccc3)C(C)(C(=O)OC)C21. The molecule has 1 heterocycles. The van der Waals surface area contributed by atoms with E-state index >= 15 is 0 Å². The van der Waals surface area contributed by atoms with E-state index in [0.717, 1.165) is 11.1 Å². The monoisotopic (exact) mass is 355 g/mol. The number of ether oxygens (including phenoxy) is 2. The number of hydrogen-bond donors (Lipinski definition) is 0. The minimum atomic E-state index is -1.32. The predicted molar refractivity (Wildman–Crippen MR) is 94.1 cm³/mol. The summed E-state index contributed by atoms with van der Waals surface area (Å²) in [5.41, 5.74) is 0.769. The quantitative estimate of drug-likeness (QED) is 0.616. The molecule has 1 amide bonds. The van der Waals surface area contributed by atoms with Gasteiger partial charge in [-0.3, -0.25) is 9.69 Å². The summed E-state index contributed by atoms with van der Waals surface area (Å²) in [6, 6.07) is 9.30. The molecule has 1 aromatic rings. The van der Waals surface area contributed by atoms with E-state index in [1.807, 2.05) is 30.3 Å². The van der Waals surface area contributed by atoms with Gasteiger partial charge in [-0.25, -0.2) is 9.59 Å². The Hall–Kier alpha value is -2.89. The number of rotatable bonds is 3. The molecule has 0 N–H and O–H groups in total. The molecule has 136 valence electrons. The molecule has 1 aliphatic carbocycles. The van der Waals surface area contributed by atoms with Crippen molar-refractivity contribution in [2.75, 3.05) is 13.7 Å². The summed E-state index contributed by atoms with van der Waals surface area (Å²) in [6.45, 7) is 3.63. The van der Waals surface area contributed by atoms with Gasteiger partial charge in [0.05, 0.1) is 7.11 Å². The normalized spacial score (nSPS) is 25.9. The number of amides is 1. The fourth-order valence-corrected chi connectivity index (χ4v) is 3.78. The summed E-state index contributed by atoms with van der Waals surface area (Å²) in [4.78, 5) is 38.9. The third kappa shape index (κ3) is 2.71. The van der Waals surface area contributed by atoms with Crippen LogP contribution in [0.2, 0.25) is 0 Å². The number of methoxy groups -OCH3 is 1. The first-order valence-corrected chi connectivity index (χ1v) is 8.41. The smallest absolute Gasteiger partial charge is 0.411 e. The second-order valence-corrected chi connectivity index (χ2v) is 6.53. The van der Waals surface area contributed by atoms with Crippen molar-refractivity contribution in [3.63, 3.8) is 0 Å². The average molecular weight is 355 g/mol. The Bertz CT molecular complexity index is 811. The second-order valence-electron chi connectivity index (χ2n) is 6.53. The van der Waals surface area contributed by atoms with Crippen LogP contribution in [-0.4, -0.2) is 41.9 Å². The van der Waals surface area contributed by atoms with Crippen molar-refractivity contribution in [1.82, 2.24) is 4.90 Å². The lowest BCUT2D eigenvalue weighted by Gasteiger charge is -2.35. The van der Waals surface area contributed by atoms with E-state index in [1.165, 1.54) is 18.1 Å². The maximum atomic E-state index is 12.7. The molecule has 0 radical (unpaired) electrons. The van der Waals surface area contributed by atoms with Crippen molar-refractivity contribution < 1.29 is 23.9 Å². The number of ketones is 1. The minimum Gasteiger partial charge on any atom is -0.467 e. The van der Waals surface area contributed by atoms with Crippen LogP contribution in [0.1, 0.15) is 19.4 Å². The van der Waals surface area contributed by atoms with Gasteiger partial charge in [0.2, 0.25) is 0 Å². The van der Waals surface area contributed by atoms with Gasteiger partial charge in [0.25, 0.3) is 0 Å². The van der Waals surface area contributed by atoms with Gasteiger partial charge in [0.15, 0.2) is 11.3 Å². The van der Waals surface area contributed by atoms with Crippen molar-refractivity contribution >= 4 is 17.8 Å². The lowest BCUT2D eigenvalue weighted by molar-refractivity contribution is -0.153. The third-order valence-electron chi connectivity index (χ3n) is 5.08. The molecule has 6 heteroatoms. The number of likely N-dealkylation sites (tertiary alicyclic amines) is 1. The molecule has 2 unspecified atom stereocenters. The van der Waals surface area contributed by atoms with Crippen LogP contribution < -0.4 is 0 Å². The molecule has 1 aliphatic heterocycles. The van der Waals surface area contributed by atoms with Crippen LogP contribution in [0.4, 0.5) is 4.79 Å². The van der Waals surface area contributed by atoms with Crippen LogP contribution >= 0.6 is 0 Å². The third-order valence-corrected chi connectivity index (χ3v) is 5.08. The summed E-state index contributed by atoms with van der Waals surface area (Å²) in [7, 11) is 1.27. The van der Waals surface area contributed by atoms with Gasteiger partial charge in [-0.05, 0) is 31.1 Å². The van der Waals surface area contributed by atoms with Gasteiger partial charge in [-0.15, -0.1) is 0 Å². The summed E-state index contributed by atoms with van der Waals surface area (Å²) in [5, 5.41) is 0. The van der Waals surface area contributed by atoms with E-state index in [1.54, 1.807) is 19.9 Å². The molecule has 26 heavy (non-hydrogen) atoms. The van der Waals surface area contributed by atoms with Crippen LogP contribution in [0.3, 0.4) is 0 Å². The van der Waals surface area contributed by atoms with E-state index < -0.39 is 23.5 Å². The van der Waals surface area contributed by atoms with E-state index in [9.17, 15) is 14.4 Å². The van der Waals surface area contributed by atoms with Crippen molar-refractivity contribution in [2.45, 2.75) is 26.0 Å². The summed E-state index contributed by atoms with van der Waals surface area (Å²) >= 11 is 0. The van der Waals surface area contributed by atoms with Crippen LogP contribution in [0.15, 0.2) is 53.6 Å². The highest BCUT2D eigenvalue weighted by molar-refractivity contribution is 6.10. The zero-order valence-electron chi connectivity index (χ0n) is 15.0. The largest absolute Gasteiger partial charge is 0.467 e. The van der Waals surface area contributed by atoms with Gasteiger partial charge >= 0.3 is 12.1 Å². The number of esters is 1. The van der Waals surface area contributed by atoms with E-state index in [4.69, 9.17) is 9.47 Å². The number of carbonyl (C=O) groups is 3. The minimum absolute atomic E-state index is 0.104. The first kappa shape index (κ1) is 17.9. The van der Waals surface area contributed by atoms with Gasteiger partial charge in [-0.1, -0.05) is 36.4 Å². The molecule has 1 aromatic carbocycles. The number of allylic oxidation sites excluding steroid dienone is 2. The molecule has 3 rings (SSSR count). The topological polar surface area (TPSA) is 72.9 Å². The van der Waals surface area contributed by atoms with Crippen molar-refractivity contribution in [3.8, 4) is 0 Å². The zero-order chi connectivity index (χ0) is 18.9. The fraction of sp³-hybridized carbons (Fsp3) is 0.350. The molecule has 6 nitrogen and oxygen atoms in total. The highest BCUT2D eigenvalue weighted by Crippen LogP contribution is 2.47. The van der Waals surface area contributed by atoms with Crippen molar-refractivity contribution in [3.05, 3.63) is 59.2 Å². The standard InChI is InChI=1S/C20H21NO5/c1-4-15-16(22)10-14-11-21(20(2,17(14)15)18(23)25-3)19(24)26-12-13-8-6-5-7-9-13/h4-10,17H,11-12H2,1-3H3/b15-4-. The molecular weight excluding hydrogens is 334 g/mol. The first-order valence-electron chi connectivity index (χ1n) is 8.41. The Morgan fingerprint density at radius 1 is 1.31 bits per heavy atom. The van der Waals surface area contributed by atoms with Crippen LogP contribution in [-0.2, 0) is 25.7 Å². The molecule has 1 fully saturated rings. The Kier molecular flexibility index (Phi) is 4.68. The highest BCUT2D eigenvalue weighted by atomic mass is 16.6. The maximum absolute atomic E-state index is 12.7. The molecular formula is C20H21NO5. The van der Waals surface area contributed by atoms with E-state index in [-0.39, 0.29) is 18.9 Å². The van der Waals surface area contributed by atoms with Gasteiger partial charge < -0.3 is 9.47 Å². The van der Waals surface area contributed by atoms with Gasteiger partial charge in [0, 0.05) is 18.0 Å². The first-order chi connectivity index (χ1) is 12.4. The van der Waals surface area contributed by atoms with Crippen LogP contribution in [0, 0.1) is 5.92 Å². The van der Waals surface area contributed by atoms with E-state index in [0.29, 0.717) is 5.57 Å². The lowest BCUT2D eigenvalue weighted by Crippen LogP contribution is -2.55. The summed E-state index contributed by atoms with van der Waals surface area (Å²) < 4.78 is 10.4. The zero-order valence-corrected chi connectivity index (χ0v) is 15.0. The predicted octanol–water partition coefficient (Wildman–Crippen LogP) is 2.64. The number of hydrogen-bond acceptors (Lipinski definition) is 5.